The fraction of sp³-hybridized carbons (Fsp3) is 0. The molecule has 31 heavy (non-hydrogen) atoms. The lowest BCUT2D eigenvalue weighted by Gasteiger charge is -2.10. The monoisotopic (exact) mass is 422 g/mol. The van der Waals surface area contributed by atoms with Gasteiger partial charge in [0.2, 0.25) is 0 Å². The van der Waals surface area contributed by atoms with Crippen molar-refractivity contribution in [3.8, 4) is 0 Å². The average Bonchev–Trinajstić information content (AvgIpc) is 2.86. The van der Waals surface area contributed by atoms with Crippen LogP contribution in [0.15, 0.2) is 132 Å². The number of nitrogens with zero attached hydrogens (tertiary/aromatic N) is 2. The van der Waals surface area contributed by atoms with Crippen molar-refractivity contribution in [3.63, 3.8) is 0 Å². The van der Waals surface area contributed by atoms with E-state index in [1.807, 2.05) is 72.8 Å². The van der Waals surface area contributed by atoms with Gasteiger partial charge >= 0.3 is 0 Å². The van der Waals surface area contributed by atoms with E-state index in [1.54, 1.807) is 0 Å². The van der Waals surface area contributed by atoms with Gasteiger partial charge < -0.3 is 0 Å². The summed E-state index contributed by atoms with van der Waals surface area (Å²) in [5, 5.41) is 15.6. The molecule has 0 radical (unpaired) electrons. The van der Waals surface area contributed by atoms with Crippen LogP contribution in [0.1, 0.15) is 22.3 Å². The second-order valence-electron chi connectivity index (χ2n) is 6.73. The molecule has 5 heteroatoms. The third kappa shape index (κ3) is 5.65. The van der Waals surface area contributed by atoms with Crippen molar-refractivity contribution in [2.75, 3.05) is 0 Å². The lowest BCUT2D eigenvalue weighted by molar-refractivity contribution is 1.02. The van der Waals surface area contributed by atoms with E-state index in [2.05, 4.69) is 69.1 Å². The minimum Gasteiger partial charge on any atom is -0.270 e. The molecule has 0 saturated carbocycles. The highest BCUT2D eigenvalue weighted by Gasteiger charge is 2.07. The van der Waals surface area contributed by atoms with Crippen molar-refractivity contribution in [1.82, 2.24) is 10.4 Å². The van der Waals surface area contributed by atoms with E-state index in [1.165, 1.54) is 0 Å². The molecule has 4 nitrogen and oxygen atoms in total. The van der Waals surface area contributed by atoms with Crippen LogP contribution in [0.4, 0.5) is 0 Å². The quantitative estimate of drug-likeness (QED) is 0.169. The lowest BCUT2D eigenvalue weighted by Crippen LogP contribution is -2.11. The number of hydrazone groups is 2. The Labute approximate surface area is 184 Å². The summed E-state index contributed by atoms with van der Waals surface area (Å²) >= 11 is 0. The normalized spacial score (nSPS) is 10.1. The summed E-state index contributed by atoms with van der Waals surface area (Å²) in [6.45, 7) is 0. The summed E-state index contributed by atoms with van der Waals surface area (Å²) in [5.74, 6) is 0. The molecule has 0 spiro atoms. The van der Waals surface area contributed by atoms with E-state index in [0.717, 1.165) is 33.7 Å². The Balaban J connectivity index is 1.51. The Morgan fingerprint density at radius 1 is 0.419 bits per heavy atom. The first-order chi connectivity index (χ1) is 15.4. The number of hydrogen-bond donors (Lipinski definition) is 2. The Kier molecular flexibility index (Phi) is 7.19. The van der Waals surface area contributed by atoms with Crippen LogP contribution in [-0.2, 0) is 0 Å². The average molecular weight is 422 g/mol. The smallest absolute Gasteiger partial charge is 0.108 e. The summed E-state index contributed by atoms with van der Waals surface area (Å²) < 4.78 is 0. The number of benzene rings is 4. The molecule has 0 aromatic heterocycles. The molecule has 0 heterocycles. The van der Waals surface area contributed by atoms with Gasteiger partial charge in [0.05, 0.1) is 11.4 Å². The van der Waals surface area contributed by atoms with Gasteiger partial charge in [-0.3, -0.25) is 10.4 Å². The van der Waals surface area contributed by atoms with Gasteiger partial charge in [-0.1, -0.05) is 121 Å². The van der Waals surface area contributed by atoms with Crippen molar-refractivity contribution >= 4 is 20.3 Å². The molecule has 0 fully saturated rings. The molecule has 0 atom stereocenters. The molecule has 0 amide bonds. The highest BCUT2D eigenvalue weighted by atomic mass is 31.1. The third-order valence-electron chi connectivity index (χ3n) is 4.64. The SMILES string of the molecule is c1ccc(C(=NNPNN=C(c2ccccc2)c2ccccc2)c2ccccc2)cc1. The van der Waals surface area contributed by atoms with Crippen LogP contribution < -0.4 is 10.4 Å². The second kappa shape index (κ2) is 10.9. The summed E-state index contributed by atoms with van der Waals surface area (Å²) in [4.78, 5) is 0. The van der Waals surface area contributed by atoms with Crippen LogP contribution in [0.2, 0.25) is 0 Å². The Morgan fingerprint density at radius 3 is 0.935 bits per heavy atom. The predicted molar refractivity (Wildman–Crippen MR) is 132 cm³/mol. The van der Waals surface area contributed by atoms with Gasteiger partial charge in [0.15, 0.2) is 0 Å². The van der Waals surface area contributed by atoms with Crippen LogP contribution in [-0.4, -0.2) is 11.4 Å². The first-order valence-electron chi connectivity index (χ1n) is 10.0. The maximum absolute atomic E-state index is 4.65. The molecule has 4 rings (SSSR count). The largest absolute Gasteiger partial charge is 0.270 e. The number of hydrogen-bond acceptors (Lipinski definition) is 4. The Bertz CT molecular complexity index is 953. The van der Waals surface area contributed by atoms with Gasteiger partial charge in [-0.2, -0.15) is 10.2 Å². The Morgan fingerprint density at radius 2 is 0.677 bits per heavy atom. The van der Waals surface area contributed by atoms with E-state index in [-0.39, 0.29) is 8.88 Å². The number of nitrogens with one attached hydrogen (secondary N) is 2. The first-order valence-corrected chi connectivity index (χ1v) is 11.0. The van der Waals surface area contributed by atoms with Gasteiger partial charge in [0, 0.05) is 22.3 Å². The van der Waals surface area contributed by atoms with E-state index < -0.39 is 0 Å². The molecule has 0 bridgehead atoms. The van der Waals surface area contributed by atoms with Crippen LogP contribution >= 0.6 is 8.88 Å². The highest BCUT2D eigenvalue weighted by molar-refractivity contribution is 7.33. The zero-order valence-corrected chi connectivity index (χ0v) is 17.9. The van der Waals surface area contributed by atoms with E-state index in [9.17, 15) is 0 Å². The summed E-state index contributed by atoms with van der Waals surface area (Å²) in [6.07, 6.45) is 0. The zero-order valence-electron chi connectivity index (χ0n) is 16.9. The van der Waals surface area contributed by atoms with Crippen molar-refractivity contribution in [2.24, 2.45) is 10.2 Å². The summed E-state index contributed by atoms with van der Waals surface area (Å²) in [7, 11) is 0.122. The molecule has 0 unspecified atom stereocenters. The Hall–Kier alpha value is -3.75. The van der Waals surface area contributed by atoms with Gasteiger partial charge in [-0.05, 0) is 0 Å². The van der Waals surface area contributed by atoms with E-state index in [4.69, 9.17) is 0 Å². The van der Waals surface area contributed by atoms with Crippen molar-refractivity contribution in [1.29, 1.82) is 0 Å². The molecule has 152 valence electrons. The van der Waals surface area contributed by atoms with Gasteiger partial charge in [0.1, 0.15) is 8.88 Å². The lowest BCUT2D eigenvalue weighted by atomic mass is 10.0. The standard InChI is InChI=1S/C26H23N4P/c1-5-13-21(14-6-1)25(22-15-7-2-8-16-22)27-29-31-30-28-26(23-17-9-3-10-18-23)24-19-11-4-12-20-24/h1-20,29-31H. The van der Waals surface area contributed by atoms with E-state index in [0.29, 0.717) is 0 Å². The third-order valence-corrected chi connectivity index (χ3v) is 5.08. The molecule has 4 aromatic rings. The van der Waals surface area contributed by atoms with Gasteiger partial charge in [0.25, 0.3) is 0 Å². The van der Waals surface area contributed by atoms with Crippen LogP contribution in [0.25, 0.3) is 0 Å². The van der Waals surface area contributed by atoms with Gasteiger partial charge in [-0.15, -0.1) is 0 Å². The summed E-state index contributed by atoms with van der Waals surface area (Å²) in [5.41, 5.74) is 6.02. The molecule has 0 aliphatic heterocycles. The number of rotatable bonds is 8. The highest BCUT2D eigenvalue weighted by Crippen LogP contribution is 2.13. The minimum atomic E-state index is 0.122. The predicted octanol–water partition coefficient (Wildman–Crippen LogP) is 5.58. The maximum Gasteiger partial charge on any atom is 0.108 e. The molecule has 0 aliphatic carbocycles. The topological polar surface area (TPSA) is 48.8 Å². The maximum atomic E-state index is 4.65. The van der Waals surface area contributed by atoms with Crippen molar-refractivity contribution in [2.45, 2.75) is 0 Å². The van der Waals surface area contributed by atoms with Crippen LogP contribution in [0, 0.1) is 0 Å². The van der Waals surface area contributed by atoms with Crippen molar-refractivity contribution in [3.05, 3.63) is 144 Å². The molecular formula is C26H23N4P. The van der Waals surface area contributed by atoms with Crippen LogP contribution in [0.5, 0.6) is 0 Å². The molecule has 0 saturated heterocycles. The first kappa shape index (κ1) is 20.5. The fourth-order valence-electron chi connectivity index (χ4n) is 3.17. The summed E-state index contributed by atoms with van der Waals surface area (Å²) in [6, 6.07) is 40.7. The van der Waals surface area contributed by atoms with E-state index >= 15 is 0 Å². The molecule has 4 aromatic carbocycles. The van der Waals surface area contributed by atoms with Gasteiger partial charge in [-0.25, -0.2) is 0 Å². The minimum absolute atomic E-state index is 0.122. The fourth-order valence-corrected chi connectivity index (χ4v) is 3.55. The second-order valence-corrected chi connectivity index (χ2v) is 7.43. The molecular weight excluding hydrogens is 399 g/mol. The molecule has 0 aliphatic rings. The van der Waals surface area contributed by atoms with Crippen molar-refractivity contribution < 1.29 is 0 Å². The van der Waals surface area contributed by atoms with Crippen LogP contribution in [0.3, 0.4) is 0 Å². The molecule has 2 N–H and O–H groups in total. The zero-order chi connectivity index (χ0) is 21.1.